The summed E-state index contributed by atoms with van der Waals surface area (Å²) in [5, 5.41) is 2.89. The van der Waals surface area contributed by atoms with Crippen molar-refractivity contribution in [3.05, 3.63) is 0 Å². The zero-order valence-electron chi connectivity index (χ0n) is 13.2. The van der Waals surface area contributed by atoms with Gasteiger partial charge in [-0.15, -0.1) is 12.3 Å². The normalized spacial score (nSPS) is 23.8. The molecule has 2 unspecified atom stereocenters. The molecule has 2 atom stereocenters. The molecule has 0 aromatic heterocycles. The van der Waals surface area contributed by atoms with E-state index >= 15 is 0 Å². The number of amides is 2. The Bertz CT molecular complexity index is 415. The molecule has 0 saturated carbocycles. The molecule has 4 heteroatoms. The Labute approximate surface area is 122 Å². The van der Waals surface area contributed by atoms with E-state index in [4.69, 9.17) is 6.42 Å². The second-order valence-corrected chi connectivity index (χ2v) is 6.84. The van der Waals surface area contributed by atoms with Crippen LogP contribution in [-0.2, 0) is 9.59 Å². The predicted molar refractivity (Wildman–Crippen MR) is 79.8 cm³/mol. The van der Waals surface area contributed by atoms with Crippen LogP contribution in [0.1, 0.15) is 47.5 Å². The Balaban J connectivity index is 2.99. The molecule has 0 aromatic carbocycles. The molecule has 112 valence electrons. The van der Waals surface area contributed by atoms with E-state index in [0.29, 0.717) is 13.0 Å². The number of hydrogen-bond acceptors (Lipinski definition) is 2. The summed E-state index contributed by atoms with van der Waals surface area (Å²) >= 11 is 0. The van der Waals surface area contributed by atoms with Crippen molar-refractivity contribution in [1.29, 1.82) is 0 Å². The lowest BCUT2D eigenvalue weighted by Crippen LogP contribution is -2.67. The standard InChI is InChI=1S/C16H26N2O2/c1-7-8-9-10-18-12(11(2)3)14(19)17-13(15(18)20)16(4,5)6/h1,11-13H,8-10H2,2-6H3,(H,17,19). The van der Waals surface area contributed by atoms with Crippen LogP contribution in [0.2, 0.25) is 0 Å². The van der Waals surface area contributed by atoms with E-state index in [1.54, 1.807) is 4.90 Å². The molecule has 0 bridgehead atoms. The largest absolute Gasteiger partial charge is 0.342 e. The van der Waals surface area contributed by atoms with E-state index in [1.807, 2.05) is 34.6 Å². The van der Waals surface area contributed by atoms with Gasteiger partial charge in [-0.05, 0) is 17.8 Å². The van der Waals surface area contributed by atoms with Crippen molar-refractivity contribution in [2.24, 2.45) is 11.3 Å². The average molecular weight is 278 g/mol. The first-order chi connectivity index (χ1) is 9.20. The van der Waals surface area contributed by atoms with Gasteiger partial charge in [0.15, 0.2) is 0 Å². The van der Waals surface area contributed by atoms with Crippen LogP contribution in [0.4, 0.5) is 0 Å². The number of nitrogens with zero attached hydrogens (tertiary/aromatic N) is 1. The first kappa shape index (κ1) is 16.6. The van der Waals surface area contributed by atoms with Gasteiger partial charge in [-0.25, -0.2) is 0 Å². The Morgan fingerprint density at radius 3 is 2.40 bits per heavy atom. The highest BCUT2D eigenvalue weighted by Crippen LogP contribution is 2.27. The molecule has 1 aliphatic heterocycles. The van der Waals surface area contributed by atoms with Gasteiger partial charge < -0.3 is 10.2 Å². The molecule has 1 fully saturated rings. The maximum absolute atomic E-state index is 12.7. The topological polar surface area (TPSA) is 49.4 Å². The SMILES string of the molecule is C#CCCCN1C(=O)C(C(C)(C)C)NC(=O)C1C(C)C. The van der Waals surface area contributed by atoms with Crippen LogP contribution in [0.25, 0.3) is 0 Å². The third kappa shape index (κ3) is 3.53. The van der Waals surface area contributed by atoms with Gasteiger partial charge in [0.05, 0.1) is 0 Å². The van der Waals surface area contributed by atoms with E-state index in [1.165, 1.54) is 0 Å². The van der Waals surface area contributed by atoms with Gasteiger partial charge in [-0.1, -0.05) is 34.6 Å². The van der Waals surface area contributed by atoms with Crippen molar-refractivity contribution in [1.82, 2.24) is 10.2 Å². The first-order valence-corrected chi connectivity index (χ1v) is 7.24. The van der Waals surface area contributed by atoms with Crippen LogP contribution >= 0.6 is 0 Å². The monoisotopic (exact) mass is 278 g/mol. The highest BCUT2D eigenvalue weighted by Gasteiger charge is 2.45. The molecule has 0 spiro atoms. The predicted octanol–water partition coefficient (Wildman–Crippen LogP) is 1.80. The van der Waals surface area contributed by atoms with Crippen LogP contribution in [0.15, 0.2) is 0 Å². The van der Waals surface area contributed by atoms with Crippen molar-refractivity contribution in [3.8, 4) is 12.3 Å². The minimum atomic E-state index is -0.462. The van der Waals surface area contributed by atoms with E-state index in [9.17, 15) is 9.59 Å². The van der Waals surface area contributed by atoms with Gasteiger partial charge in [0.25, 0.3) is 0 Å². The summed E-state index contributed by atoms with van der Waals surface area (Å²) in [5.41, 5.74) is -0.293. The van der Waals surface area contributed by atoms with Gasteiger partial charge in [-0.2, -0.15) is 0 Å². The summed E-state index contributed by atoms with van der Waals surface area (Å²) in [7, 11) is 0. The molecule has 1 heterocycles. The molecule has 1 N–H and O–H groups in total. The summed E-state index contributed by atoms with van der Waals surface area (Å²) in [5.74, 6) is 2.62. The minimum absolute atomic E-state index is 0.00724. The molecule has 0 aliphatic carbocycles. The van der Waals surface area contributed by atoms with Crippen LogP contribution in [0.3, 0.4) is 0 Å². The number of carbonyl (C=O) groups excluding carboxylic acids is 2. The number of terminal acetylenes is 1. The smallest absolute Gasteiger partial charge is 0.246 e. The lowest BCUT2D eigenvalue weighted by molar-refractivity contribution is -0.154. The third-order valence-electron chi connectivity index (χ3n) is 3.64. The fraction of sp³-hybridized carbons (Fsp3) is 0.750. The quantitative estimate of drug-likeness (QED) is 0.629. The molecule has 20 heavy (non-hydrogen) atoms. The second-order valence-electron chi connectivity index (χ2n) is 6.84. The van der Waals surface area contributed by atoms with Gasteiger partial charge in [-0.3, -0.25) is 9.59 Å². The van der Waals surface area contributed by atoms with Crippen molar-refractivity contribution >= 4 is 11.8 Å². The highest BCUT2D eigenvalue weighted by atomic mass is 16.2. The van der Waals surface area contributed by atoms with Gasteiger partial charge in [0, 0.05) is 13.0 Å². The summed E-state index contributed by atoms with van der Waals surface area (Å²) in [6.45, 7) is 10.4. The molecule has 1 rings (SSSR count). The van der Waals surface area contributed by atoms with Crippen LogP contribution in [0, 0.1) is 23.7 Å². The van der Waals surface area contributed by atoms with E-state index in [2.05, 4.69) is 11.2 Å². The van der Waals surface area contributed by atoms with E-state index < -0.39 is 6.04 Å². The molecule has 1 aliphatic rings. The average Bonchev–Trinajstić information content (AvgIpc) is 2.31. The molecule has 2 amide bonds. The van der Waals surface area contributed by atoms with Crippen LogP contribution in [0.5, 0.6) is 0 Å². The maximum atomic E-state index is 12.7. The van der Waals surface area contributed by atoms with Gasteiger partial charge in [0.2, 0.25) is 11.8 Å². The Morgan fingerprint density at radius 2 is 1.95 bits per heavy atom. The summed E-state index contributed by atoms with van der Waals surface area (Å²) < 4.78 is 0. The minimum Gasteiger partial charge on any atom is -0.342 e. The molecule has 0 aromatic rings. The van der Waals surface area contributed by atoms with E-state index in [-0.39, 0.29) is 29.2 Å². The number of unbranched alkanes of at least 4 members (excludes halogenated alkanes) is 1. The maximum Gasteiger partial charge on any atom is 0.246 e. The number of carbonyl (C=O) groups is 2. The lowest BCUT2D eigenvalue weighted by atomic mass is 9.82. The summed E-state index contributed by atoms with van der Waals surface area (Å²) in [6, 6.07) is -0.852. The summed E-state index contributed by atoms with van der Waals surface area (Å²) in [6.07, 6.45) is 6.62. The molecule has 4 nitrogen and oxygen atoms in total. The molecular formula is C16H26N2O2. The van der Waals surface area contributed by atoms with Gasteiger partial charge in [0.1, 0.15) is 12.1 Å². The van der Waals surface area contributed by atoms with Crippen molar-refractivity contribution < 1.29 is 9.59 Å². The number of piperazine rings is 1. The first-order valence-electron chi connectivity index (χ1n) is 7.24. The number of hydrogen-bond donors (Lipinski definition) is 1. The third-order valence-corrected chi connectivity index (χ3v) is 3.64. The number of rotatable bonds is 4. The molecule has 0 radical (unpaired) electrons. The van der Waals surface area contributed by atoms with Gasteiger partial charge >= 0.3 is 0 Å². The lowest BCUT2D eigenvalue weighted by Gasteiger charge is -2.44. The van der Waals surface area contributed by atoms with Crippen molar-refractivity contribution in [2.45, 2.75) is 59.5 Å². The fourth-order valence-electron chi connectivity index (χ4n) is 2.58. The zero-order chi connectivity index (χ0) is 15.5. The second kappa shape index (κ2) is 6.30. The highest BCUT2D eigenvalue weighted by molar-refractivity contribution is 5.97. The zero-order valence-corrected chi connectivity index (χ0v) is 13.2. The van der Waals surface area contributed by atoms with Crippen molar-refractivity contribution in [3.63, 3.8) is 0 Å². The Morgan fingerprint density at radius 1 is 1.35 bits per heavy atom. The molecule has 1 saturated heterocycles. The van der Waals surface area contributed by atoms with Crippen molar-refractivity contribution in [2.75, 3.05) is 6.54 Å². The van der Waals surface area contributed by atoms with E-state index in [0.717, 1.165) is 6.42 Å². The van der Waals surface area contributed by atoms with Crippen LogP contribution in [-0.4, -0.2) is 35.3 Å². The summed E-state index contributed by atoms with van der Waals surface area (Å²) in [4.78, 5) is 26.7. The fourth-order valence-corrected chi connectivity index (χ4v) is 2.58. The van der Waals surface area contributed by atoms with Crippen LogP contribution < -0.4 is 5.32 Å². The Hall–Kier alpha value is -1.50. The molecular weight excluding hydrogens is 252 g/mol. The Kier molecular flexibility index (Phi) is 5.21. The number of nitrogens with one attached hydrogen (secondary N) is 1.